The molecule has 1 aromatic rings. The van der Waals surface area contributed by atoms with Crippen LogP contribution < -0.4 is 10.2 Å². The number of rotatable bonds is 3. The van der Waals surface area contributed by atoms with Gasteiger partial charge < -0.3 is 15.1 Å². The van der Waals surface area contributed by atoms with Crippen molar-refractivity contribution in [2.24, 2.45) is 0 Å². The summed E-state index contributed by atoms with van der Waals surface area (Å²) in [6.45, 7) is 5.84. The number of amides is 1. The Bertz CT molecular complexity index is 505. The molecular weight excluding hydrogens is 264 g/mol. The third-order valence-corrected chi connectivity index (χ3v) is 4.49. The highest BCUT2D eigenvalue weighted by Crippen LogP contribution is 2.17. The van der Waals surface area contributed by atoms with Gasteiger partial charge in [0, 0.05) is 70.7 Å². The molecule has 1 N–H and O–H groups in total. The van der Waals surface area contributed by atoms with Crippen LogP contribution in [0.2, 0.25) is 0 Å². The molecule has 0 aliphatic carbocycles. The number of hydrogen-bond acceptors (Lipinski definition) is 4. The Labute approximate surface area is 126 Å². The molecule has 21 heavy (non-hydrogen) atoms. The molecule has 5 heteroatoms. The summed E-state index contributed by atoms with van der Waals surface area (Å²) in [5.41, 5.74) is 1.86. The van der Waals surface area contributed by atoms with Crippen molar-refractivity contribution in [3.05, 3.63) is 29.8 Å². The lowest BCUT2D eigenvalue weighted by Gasteiger charge is -2.43. The molecular formula is C16H24N4O. The van der Waals surface area contributed by atoms with Crippen LogP contribution in [0.15, 0.2) is 24.3 Å². The summed E-state index contributed by atoms with van der Waals surface area (Å²) in [5, 5.41) is 3.31. The second kappa shape index (κ2) is 6.03. The zero-order valence-electron chi connectivity index (χ0n) is 12.9. The van der Waals surface area contributed by atoms with Crippen LogP contribution in [-0.2, 0) is 0 Å². The molecule has 2 fully saturated rings. The molecule has 0 spiro atoms. The summed E-state index contributed by atoms with van der Waals surface area (Å²) in [6, 6.07) is 8.55. The molecule has 5 nitrogen and oxygen atoms in total. The molecule has 1 aromatic carbocycles. The Morgan fingerprint density at radius 2 is 1.90 bits per heavy atom. The van der Waals surface area contributed by atoms with E-state index in [1.807, 2.05) is 48.2 Å². The van der Waals surface area contributed by atoms with Crippen LogP contribution in [0.1, 0.15) is 10.4 Å². The van der Waals surface area contributed by atoms with Gasteiger partial charge in [-0.3, -0.25) is 9.69 Å². The summed E-state index contributed by atoms with van der Waals surface area (Å²) >= 11 is 0. The normalized spacial score (nSPS) is 20.2. The van der Waals surface area contributed by atoms with Gasteiger partial charge in [0.2, 0.25) is 0 Å². The number of carbonyl (C=O) groups excluding carboxylic acids is 1. The second-order valence-electron chi connectivity index (χ2n) is 6.08. The van der Waals surface area contributed by atoms with E-state index in [0.29, 0.717) is 6.04 Å². The molecule has 2 heterocycles. The number of hydrogen-bond donors (Lipinski definition) is 1. The van der Waals surface area contributed by atoms with E-state index in [4.69, 9.17) is 0 Å². The van der Waals surface area contributed by atoms with Crippen molar-refractivity contribution < 1.29 is 4.79 Å². The second-order valence-corrected chi connectivity index (χ2v) is 6.08. The third kappa shape index (κ3) is 3.04. The minimum absolute atomic E-state index is 0.157. The van der Waals surface area contributed by atoms with Crippen molar-refractivity contribution >= 4 is 11.6 Å². The maximum absolute atomic E-state index is 12.6. The minimum Gasteiger partial charge on any atom is -0.378 e. The Kier molecular flexibility index (Phi) is 4.12. The fourth-order valence-electron chi connectivity index (χ4n) is 2.92. The van der Waals surface area contributed by atoms with Gasteiger partial charge >= 0.3 is 0 Å². The number of benzene rings is 1. The maximum Gasteiger partial charge on any atom is 0.254 e. The standard InChI is InChI=1S/C16H24N4O/c1-18(2)14-5-3-4-13(10-14)16(21)20-8-6-19(7-9-20)15-11-17-12-15/h3-5,10,15,17H,6-9,11-12H2,1-2H3. The predicted octanol–water partition coefficient (Wildman–Crippen LogP) is 0.482. The Hall–Kier alpha value is -1.59. The summed E-state index contributed by atoms with van der Waals surface area (Å²) in [5.74, 6) is 0.157. The lowest BCUT2D eigenvalue weighted by Crippen LogP contribution is -2.62. The molecule has 2 aliphatic heterocycles. The molecule has 0 radical (unpaired) electrons. The zero-order valence-corrected chi connectivity index (χ0v) is 12.9. The molecule has 0 aromatic heterocycles. The van der Waals surface area contributed by atoms with Crippen LogP contribution in [0.4, 0.5) is 5.69 Å². The predicted molar refractivity (Wildman–Crippen MR) is 84.9 cm³/mol. The Balaban J connectivity index is 1.62. The summed E-state index contributed by atoms with van der Waals surface area (Å²) in [7, 11) is 3.99. The average molecular weight is 288 g/mol. The lowest BCUT2D eigenvalue weighted by molar-refractivity contribution is 0.0502. The highest BCUT2D eigenvalue weighted by molar-refractivity contribution is 5.95. The highest BCUT2D eigenvalue weighted by Gasteiger charge is 2.29. The first-order chi connectivity index (χ1) is 10.1. The average Bonchev–Trinajstić information content (AvgIpc) is 2.46. The topological polar surface area (TPSA) is 38.8 Å². The SMILES string of the molecule is CN(C)c1cccc(C(=O)N2CCN(C3CNC3)CC2)c1. The van der Waals surface area contributed by atoms with Gasteiger partial charge in [-0.1, -0.05) is 6.07 Å². The molecule has 114 valence electrons. The smallest absolute Gasteiger partial charge is 0.254 e. The monoisotopic (exact) mass is 288 g/mol. The van der Waals surface area contributed by atoms with Gasteiger partial charge in [0.05, 0.1) is 0 Å². The maximum atomic E-state index is 12.6. The van der Waals surface area contributed by atoms with Crippen LogP contribution in [0, 0.1) is 0 Å². The van der Waals surface area contributed by atoms with Crippen LogP contribution >= 0.6 is 0 Å². The van der Waals surface area contributed by atoms with E-state index in [-0.39, 0.29) is 5.91 Å². The van der Waals surface area contributed by atoms with E-state index in [1.165, 1.54) is 0 Å². The van der Waals surface area contributed by atoms with Crippen molar-refractivity contribution in [2.45, 2.75) is 6.04 Å². The quantitative estimate of drug-likeness (QED) is 0.878. The van der Waals surface area contributed by atoms with Crippen LogP contribution in [0.3, 0.4) is 0 Å². The summed E-state index contributed by atoms with van der Waals surface area (Å²) in [6.07, 6.45) is 0. The van der Waals surface area contributed by atoms with Gasteiger partial charge in [-0.05, 0) is 18.2 Å². The van der Waals surface area contributed by atoms with Crippen molar-refractivity contribution in [3.8, 4) is 0 Å². The first-order valence-corrected chi connectivity index (χ1v) is 7.66. The molecule has 0 bridgehead atoms. The fourth-order valence-corrected chi connectivity index (χ4v) is 2.92. The van der Waals surface area contributed by atoms with Gasteiger partial charge in [0.1, 0.15) is 0 Å². The van der Waals surface area contributed by atoms with E-state index in [9.17, 15) is 4.79 Å². The van der Waals surface area contributed by atoms with Crippen LogP contribution in [-0.4, -0.2) is 75.1 Å². The van der Waals surface area contributed by atoms with Gasteiger partial charge in [0.25, 0.3) is 5.91 Å². The zero-order chi connectivity index (χ0) is 14.8. The highest BCUT2D eigenvalue weighted by atomic mass is 16.2. The van der Waals surface area contributed by atoms with E-state index in [1.54, 1.807) is 0 Å². The number of anilines is 1. The Morgan fingerprint density at radius 3 is 2.48 bits per heavy atom. The van der Waals surface area contributed by atoms with E-state index < -0.39 is 0 Å². The molecule has 2 saturated heterocycles. The molecule has 1 amide bonds. The van der Waals surface area contributed by atoms with Crippen molar-refractivity contribution in [1.82, 2.24) is 15.1 Å². The van der Waals surface area contributed by atoms with E-state index in [0.717, 1.165) is 50.5 Å². The van der Waals surface area contributed by atoms with Gasteiger partial charge in [-0.2, -0.15) is 0 Å². The fraction of sp³-hybridized carbons (Fsp3) is 0.562. The number of nitrogens with zero attached hydrogens (tertiary/aromatic N) is 3. The first-order valence-electron chi connectivity index (χ1n) is 7.66. The van der Waals surface area contributed by atoms with Crippen LogP contribution in [0.5, 0.6) is 0 Å². The van der Waals surface area contributed by atoms with Crippen molar-refractivity contribution in [3.63, 3.8) is 0 Å². The molecule has 0 unspecified atom stereocenters. The van der Waals surface area contributed by atoms with Crippen molar-refractivity contribution in [2.75, 3.05) is 58.3 Å². The molecule has 0 atom stereocenters. The summed E-state index contributed by atoms with van der Waals surface area (Å²) < 4.78 is 0. The van der Waals surface area contributed by atoms with Gasteiger partial charge in [0.15, 0.2) is 0 Å². The Morgan fingerprint density at radius 1 is 1.19 bits per heavy atom. The van der Waals surface area contributed by atoms with E-state index in [2.05, 4.69) is 10.2 Å². The molecule has 0 saturated carbocycles. The van der Waals surface area contributed by atoms with E-state index >= 15 is 0 Å². The van der Waals surface area contributed by atoms with Gasteiger partial charge in [-0.25, -0.2) is 0 Å². The van der Waals surface area contributed by atoms with Gasteiger partial charge in [-0.15, -0.1) is 0 Å². The van der Waals surface area contributed by atoms with Crippen molar-refractivity contribution in [1.29, 1.82) is 0 Å². The number of piperazine rings is 1. The third-order valence-electron chi connectivity index (χ3n) is 4.49. The minimum atomic E-state index is 0.157. The number of carbonyl (C=O) groups is 1. The molecule has 2 aliphatic rings. The van der Waals surface area contributed by atoms with Crippen LogP contribution in [0.25, 0.3) is 0 Å². The molecule has 3 rings (SSSR count). The lowest BCUT2D eigenvalue weighted by atomic mass is 10.1. The number of nitrogens with one attached hydrogen (secondary N) is 1. The summed E-state index contributed by atoms with van der Waals surface area (Å²) in [4.78, 5) is 19.1. The largest absolute Gasteiger partial charge is 0.378 e. The first kappa shape index (κ1) is 14.4.